The van der Waals surface area contributed by atoms with Gasteiger partial charge < -0.3 is 9.53 Å². The van der Waals surface area contributed by atoms with Crippen molar-refractivity contribution in [2.75, 3.05) is 0 Å². The van der Waals surface area contributed by atoms with E-state index in [-0.39, 0.29) is 11.0 Å². The van der Waals surface area contributed by atoms with Gasteiger partial charge in [0.25, 0.3) is 8.32 Å². The number of benzene rings is 2. The summed E-state index contributed by atoms with van der Waals surface area (Å²) < 4.78 is 6.53. The summed E-state index contributed by atoms with van der Waals surface area (Å²) in [4.78, 5) is 0. The van der Waals surface area contributed by atoms with E-state index in [0.29, 0.717) is 0 Å². The second-order valence-corrected chi connectivity index (χ2v) is 11.7. The normalized spacial score (nSPS) is 14.0. The van der Waals surface area contributed by atoms with E-state index in [2.05, 4.69) is 69.3 Å². The van der Waals surface area contributed by atoms with Gasteiger partial charge in [0.1, 0.15) is 6.29 Å². The molecule has 2 aromatic rings. The van der Waals surface area contributed by atoms with Crippen molar-refractivity contribution >= 4 is 18.7 Å². The predicted octanol–water partition coefficient (Wildman–Crippen LogP) is 3.54. The minimum atomic E-state index is -2.63. The lowest BCUT2D eigenvalue weighted by molar-refractivity contribution is -0.0590. The quantitative estimate of drug-likeness (QED) is 0.672. The number of hydrogen-bond donors (Lipinski definition) is 1. The van der Waals surface area contributed by atoms with Gasteiger partial charge >= 0.3 is 0 Å². The van der Waals surface area contributed by atoms with Crippen LogP contribution in [0, 0.1) is 5.92 Å². The third kappa shape index (κ3) is 3.57. The first-order valence-corrected chi connectivity index (χ1v) is 10.2. The summed E-state index contributed by atoms with van der Waals surface area (Å²) in [6.07, 6.45) is -0.777. The van der Waals surface area contributed by atoms with Gasteiger partial charge in [-0.2, -0.15) is 0 Å². The van der Waals surface area contributed by atoms with Crippen LogP contribution in [0.25, 0.3) is 0 Å². The Morgan fingerprint density at radius 3 is 1.52 bits per heavy atom. The Hall–Kier alpha value is -1.42. The van der Waals surface area contributed by atoms with Gasteiger partial charge in [-0.25, -0.2) is 0 Å². The summed E-state index contributed by atoms with van der Waals surface area (Å²) in [5.74, 6) is 0.0525. The maximum Gasteiger partial charge on any atom is 0.264 e. The molecule has 23 heavy (non-hydrogen) atoms. The second kappa shape index (κ2) is 6.99. The standard InChI is InChI=1S/C20H28O2Si/c1-16(2)19(21)22-23(20(3,4)5,17-12-8-6-9-13-17)18-14-10-7-11-15-18/h6-16,19,21H,1-5H3. The van der Waals surface area contributed by atoms with Crippen LogP contribution in [0.3, 0.4) is 0 Å². The third-order valence-electron chi connectivity index (χ3n) is 4.28. The Morgan fingerprint density at radius 2 is 1.22 bits per heavy atom. The van der Waals surface area contributed by atoms with Gasteiger partial charge in [0.15, 0.2) is 0 Å². The zero-order chi connectivity index (χ0) is 17.1. The van der Waals surface area contributed by atoms with Crippen LogP contribution in [0.1, 0.15) is 34.6 Å². The van der Waals surface area contributed by atoms with E-state index < -0.39 is 14.6 Å². The largest absolute Gasteiger partial charge is 0.383 e. The molecule has 124 valence electrons. The van der Waals surface area contributed by atoms with E-state index in [0.717, 1.165) is 0 Å². The lowest BCUT2D eigenvalue weighted by Gasteiger charge is -2.44. The van der Waals surface area contributed by atoms with Crippen molar-refractivity contribution < 1.29 is 9.53 Å². The Bertz CT molecular complexity index is 563. The maximum absolute atomic E-state index is 10.6. The summed E-state index contributed by atoms with van der Waals surface area (Å²) in [7, 11) is -2.63. The van der Waals surface area contributed by atoms with Gasteiger partial charge in [-0.05, 0) is 15.4 Å². The molecule has 0 aliphatic carbocycles. The molecule has 0 spiro atoms. The highest BCUT2D eigenvalue weighted by atomic mass is 28.4. The first kappa shape index (κ1) is 17.9. The summed E-state index contributed by atoms with van der Waals surface area (Å²) in [6.45, 7) is 10.6. The number of aliphatic hydroxyl groups excluding tert-OH is 1. The molecule has 0 saturated heterocycles. The molecule has 0 radical (unpaired) electrons. The Morgan fingerprint density at radius 1 is 0.826 bits per heavy atom. The molecule has 0 saturated carbocycles. The number of hydrogen-bond acceptors (Lipinski definition) is 2. The molecular formula is C20H28O2Si. The van der Waals surface area contributed by atoms with Crippen LogP contribution in [0.15, 0.2) is 60.7 Å². The third-order valence-corrected chi connectivity index (χ3v) is 9.28. The maximum atomic E-state index is 10.6. The van der Waals surface area contributed by atoms with Crippen LogP contribution in [0.4, 0.5) is 0 Å². The van der Waals surface area contributed by atoms with Crippen molar-refractivity contribution in [2.24, 2.45) is 5.92 Å². The summed E-state index contributed by atoms with van der Waals surface area (Å²) in [5.41, 5.74) is 0. The van der Waals surface area contributed by atoms with Crippen LogP contribution >= 0.6 is 0 Å². The zero-order valence-corrected chi connectivity index (χ0v) is 15.8. The average molecular weight is 329 g/mol. The fourth-order valence-corrected chi connectivity index (χ4v) is 7.66. The molecule has 2 aromatic carbocycles. The van der Waals surface area contributed by atoms with Gasteiger partial charge in [0.05, 0.1) is 0 Å². The first-order chi connectivity index (χ1) is 10.8. The van der Waals surface area contributed by atoms with Crippen molar-refractivity contribution in [1.82, 2.24) is 0 Å². The zero-order valence-electron chi connectivity index (χ0n) is 14.8. The molecule has 0 amide bonds. The van der Waals surface area contributed by atoms with Crippen molar-refractivity contribution in [1.29, 1.82) is 0 Å². The average Bonchev–Trinajstić information content (AvgIpc) is 2.52. The molecule has 0 fully saturated rings. The van der Waals surface area contributed by atoms with Crippen LogP contribution in [0.2, 0.25) is 5.04 Å². The van der Waals surface area contributed by atoms with Crippen molar-refractivity contribution in [3.63, 3.8) is 0 Å². The van der Waals surface area contributed by atoms with E-state index >= 15 is 0 Å². The summed E-state index contributed by atoms with van der Waals surface area (Å²) in [6, 6.07) is 20.8. The minimum absolute atomic E-state index is 0.0525. The summed E-state index contributed by atoms with van der Waals surface area (Å²) >= 11 is 0. The van der Waals surface area contributed by atoms with Crippen molar-refractivity contribution in [3.8, 4) is 0 Å². The molecule has 1 N–H and O–H groups in total. The fourth-order valence-electron chi connectivity index (χ4n) is 3.01. The topological polar surface area (TPSA) is 29.5 Å². The predicted molar refractivity (Wildman–Crippen MR) is 99.6 cm³/mol. The number of aliphatic hydroxyl groups is 1. The van der Waals surface area contributed by atoms with Crippen molar-refractivity contribution in [3.05, 3.63) is 60.7 Å². The van der Waals surface area contributed by atoms with E-state index in [9.17, 15) is 5.11 Å². The van der Waals surface area contributed by atoms with E-state index in [4.69, 9.17) is 4.43 Å². The second-order valence-electron chi connectivity index (χ2n) is 7.42. The van der Waals surface area contributed by atoms with E-state index in [1.807, 2.05) is 26.0 Å². The molecule has 2 rings (SSSR count). The van der Waals surface area contributed by atoms with Gasteiger partial charge in [-0.3, -0.25) is 0 Å². The molecule has 0 bridgehead atoms. The van der Waals surface area contributed by atoms with Crippen molar-refractivity contribution in [2.45, 2.75) is 45.9 Å². The highest BCUT2D eigenvalue weighted by Gasteiger charge is 2.51. The SMILES string of the molecule is CC(C)C(O)O[Si](c1ccccc1)(c1ccccc1)C(C)(C)C. The molecule has 0 aromatic heterocycles. The molecule has 2 nitrogen and oxygen atoms in total. The highest BCUT2D eigenvalue weighted by molar-refractivity contribution is 6.99. The molecule has 1 unspecified atom stereocenters. The Balaban J connectivity index is 2.69. The van der Waals surface area contributed by atoms with Gasteiger partial charge in [0, 0.05) is 5.92 Å². The van der Waals surface area contributed by atoms with Crippen LogP contribution < -0.4 is 10.4 Å². The van der Waals surface area contributed by atoms with Gasteiger partial charge in [-0.15, -0.1) is 0 Å². The lowest BCUT2D eigenvalue weighted by Crippen LogP contribution is -2.68. The Kier molecular flexibility index (Phi) is 5.45. The summed E-state index contributed by atoms with van der Waals surface area (Å²) in [5, 5.41) is 12.8. The molecule has 0 aliphatic rings. The molecule has 1 atom stereocenters. The number of rotatable bonds is 5. The smallest absolute Gasteiger partial charge is 0.264 e. The van der Waals surface area contributed by atoms with E-state index in [1.54, 1.807) is 0 Å². The fraction of sp³-hybridized carbons (Fsp3) is 0.400. The molecule has 0 aliphatic heterocycles. The van der Waals surface area contributed by atoms with E-state index in [1.165, 1.54) is 10.4 Å². The molecular weight excluding hydrogens is 300 g/mol. The molecule has 3 heteroatoms. The van der Waals surface area contributed by atoms with Crippen LogP contribution in [-0.2, 0) is 4.43 Å². The van der Waals surface area contributed by atoms with Crippen LogP contribution in [0.5, 0.6) is 0 Å². The minimum Gasteiger partial charge on any atom is -0.383 e. The monoisotopic (exact) mass is 328 g/mol. The van der Waals surface area contributed by atoms with Crippen LogP contribution in [-0.4, -0.2) is 19.7 Å². The first-order valence-electron chi connectivity index (χ1n) is 8.26. The van der Waals surface area contributed by atoms with Gasteiger partial charge in [0.2, 0.25) is 0 Å². The van der Waals surface area contributed by atoms with Gasteiger partial charge in [-0.1, -0.05) is 95.3 Å². The Labute approximate surface area is 141 Å². The highest BCUT2D eigenvalue weighted by Crippen LogP contribution is 2.37. The molecule has 0 heterocycles. The lowest BCUT2D eigenvalue weighted by atomic mass is 10.2.